The molecule has 0 aliphatic carbocycles. The van der Waals surface area contributed by atoms with Gasteiger partial charge in [-0.3, -0.25) is 4.79 Å². The third kappa shape index (κ3) is 3.48. The maximum absolute atomic E-state index is 10.8. The molecule has 0 spiro atoms. The Morgan fingerprint density at radius 2 is 2.32 bits per heavy atom. The topological polar surface area (TPSA) is 74.4 Å². The Kier molecular flexibility index (Phi) is 4.41. The van der Waals surface area contributed by atoms with Gasteiger partial charge in [-0.05, 0) is 30.2 Å². The van der Waals surface area contributed by atoms with E-state index in [4.69, 9.17) is 9.84 Å². The Balaban J connectivity index is 2.12. The predicted molar refractivity (Wildman–Crippen MR) is 73.3 cm³/mol. The van der Waals surface area contributed by atoms with Crippen LogP contribution in [0.2, 0.25) is 0 Å². The van der Waals surface area contributed by atoms with Crippen molar-refractivity contribution < 1.29 is 14.6 Å². The van der Waals surface area contributed by atoms with Crippen LogP contribution in [-0.4, -0.2) is 35.8 Å². The Labute approximate surface area is 111 Å². The second kappa shape index (κ2) is 6.24. The number of rotatable bonds is 6. The van der Waals surface area contributed by atoms with Crippen LogP contribution in [0.25, 0.3) is 10.9 Å². The van der Waals surface area contributed by atoms with E-state index in [9.17, 15) is 4.79 Å². The lowest BCUT2D eigenvalue weighted by atomic mass is 10.1. The molecule has 2 aromatic rings. The van der Waals surface area contributed by atoms with Crippen molar-refractivity contribution in [2.75, 3.05) is 19.8 Å². The minimum absolute atomic E-state index is 0.000558. The Bertz CT molecular complexity index is 563. The normalized spacial score (nSPS) is 10.6. The number of amides is 1. The lowest BCUT2D eigenvalue weighted by molar-refractivity contribution is -0.118. The molecule has 1 heterocycles. The van der Waals surface area contributed by atoms with Gasteiger partial charge in [0.15, 0.2) is 0 Å². The molecule has 1 aromatic heterocycles. The molecule has 0 saturated heterocycles. The largest absolute Gasteiger partial charge is 0.491 e. The number of carbonyl (C=O) groups is 1. The Morgan fingerprint density at radius 1 is 1.47 bits per heavy atom. The van der Waals surface area contributed by atoms with Crippen LogP contribution in [0.1, 0.15) is 12.5 Å². The molecule has 1 amide bonds. The third-order valence-corrected chi connectivity index (χ3v) is 2.87. The van der Waals surface area contributed by atoms with E-state index in [1.54, 1.807) is 0 Å². The van der Waals surface area contributed by atoms with Gasteiger partial charge in [0.2, 0.25) is 5.91 Å². The van der Waals surface area contributed by atoms with Gasteiger partial charge in [0.05, 0.1) is 6.61 Å². The lowest BCUT2D eigenvalue weighted by Gasteiger charge is -2.05. The number of carbonyl (C=O) groups excluding carboxylic acids is 1. The van der Waals surface area contributed by atoms with Crippen molar-refractivity contribution in [3.05, 3.63) is 30.0 Å². The molecule has 0 aliphatic rings. The fraction of sp³-hybridized carbons (Fsp3) is 0.357. The minimum atomic E-state index is -0.0215. The summed E-state index contributed by atoms with van der Waals surface area (Å²) in [5.74, 6) is 0.716. The van der Waals surface area contributed by atoms with Gasteiger partial charge in [0.1, 0.15) is 12.4 Å². The summed E-state index contributed by atoms with van der Waals surface area (Å²) in [5, 5.41) is 12.6. The van der Waals surface area contributed by atoms with Crippen LogP contribution in [0, 0.1) is 0 Å². The van der Waals surface area contributed by atoms with Crippen molar-refractivity contribution in [3.8, 4) is 5.75 Å². The number of ether oxygens (including phenoxy) is 1. The molecule has 5 nitrogen and oxygen atoms in total. The molecule has 0 radical (unpaired) electrons. The number of aromatic amines is 1. The SMILES string of the molecule is CC(=O)NCCc1c[nH]c2ccc(OCCO)cc12. The van der Waals surface area contributed by atoms with Crippen LogP contribution in [-0.2, 0) is 11.2 Å². The molecule has 0 unspecified atom stereocenters. The molecular formula is C14H18N2O3. The van der Waals surface area contributed by atoms with Crippen LogP contribution in [0.15, 0.2) is 24.4 Å². The van der Waals surface area contributed by atoms with Crippen molar-refractivity contribution in [2.24, 2.45) is 0 Å². The van der Waals surface area contributed by atoms with Crippen molar-refractivity contribution in [3.63, 3.8) is 0 Å². The van der Waals surface area contributed by atoms with Gasteiger partial charge in [0.25, 0.3) is 0 Å². The first-order valence-corrected chi connectivity index (χ1v) is 6.29. The summed E-state index contributed by atoms with van der Waals surface area (Å²) < 4.78 is 5.40. The zero-order chi connectivity index (χ0) is 13.7. The van der Waals surface area contributed by atoms with Gasteiger partial charge < -0.3 is 20.1 Å². The molecule has 102 valence electrons. The molecule has 3 N–H and O–H groups in total. The molecule has 0 atom stereocenters. The van der Waals surface area contributed by atoms with E-state index in [0.717, 1.165) is 28.6 Å². The van der Waals surface area contributed by atoms with Crippen molar-refractivity contribution in [2.45, 2.75) is 13.3 Å². The molecule has 5 heteroatoms. The van der Waals surface area contributed by atoms with Gasteiger partial charge in [-0.15, -0.1) is 0 Å². The van der Waals surface area contributed by atoms with Gasteiger partial charge in [-0.2, -0.15) is 0 Å². The van der Waals surface area contributed by atoms with E-state index in [0.29, 0.717) is 6.54 Å². The summed E-state index contributed by atoms with van der Waals surface area (Å²) >= 11 is 0. The fourth-order valence-corrected chi connectivity index (χ4v) is 1.99. The minimum Gasteiger partial charge on any atom is -0.491 e. The highest BCUT2D eigenvalue weighted by Gasteiger charge is 2.05. The summed E-state index contributed by atoms with van der Waals surface area (Å²) in [5.41, 5.74) is 2.17. The summed E-state index contributed by atoms with van der Waals surface area (Å²) in [7, 11) is 0. The van der Waals surface area contributed by atoms with E-state index < -0.39 is 0 Å². The number of hydrogen-bond acceptors (Lipinski definition) is 3. The van der Waals surface area contributed by atoms with Crippen molar-refractivity contribution >= 4 is 16.8 Å². The van der Waals surface area contributed by atoms with E-state index >= 15 is 0 Å². The highest BCUT2D eigenvalue weighted by atomic mass is 16.5. The number of aromatic nitrogens is 1. The highest BCUT2D eigenvalue weighted by molar-refractivity contribution is 5.84. The number of nitrogens with one attached hydrogen (secondary N) is 2. The number of H-pyrrole nitrogens is 1. The van der Waals surface area contributed by atoms with Gasteiger partial charge >= 0.3 is 0 Å². The average Bonchev–Trinajstić information content (AvgIpc) is 2.79. The van der Waals surface area contributed by atoms with E-state index in [1.165, 1.54) is 6.92 Å². The van der Waals surface area contributed by atoms with Crippen LogP contribution < -0.4 is 10.1 Å². The number of aliphatic hydroxyl groups excluding tert-OH is 1. The van der Waals surface area contributed by atoms with E-state index in [-0.39, 0.29) is 19.1 Å². The van der Waals surface area contributed by atoms with Gasteiger partial charge in [0, 0.05) is 30.6 Å². The maximum Gasteiger partial charge on any atom is 0.216 e. The fourth-order valence-electron chi connectivity index (χ4n) is 1.99. The number of fused-ring (bicyclic) bond motifs is 1. The molecule has 0 saturated carbocycles. The average molecular weight is 262 g/mol. The molecule has 19 heavy (non-hydrogen) atoms. The summed E-state index contributed by atoms with van der Waals surface area (Å²) in [6.45, 7) is 2.41. The smallest absolute Gasteiger partial charge is 0.216 e. The monoisotopic (exact) mass is 262 g/mol. The van der Waals surface area contributed by atoms with Crippen LogP contribution in [0.5, 0.6) is 5.75 Å². The first-order valence-electron chi connectivity index (χ1n) is 6.29. The van der Waals surface area contributed by atoms with Crippen molar-refractivity contribution in [1.82, 2.24) is 10.3 Å². The van der Waals surface area contributed by atoms with E-state index in [2.05, 4.69) is 10.3 Å². The quantitative estimate of drug-likeness (QED) is 0.732. The number of benzene rings is 1. The highest BCUT2D eigenvalue weighted by Crippen LogP contribution is 2.24. The van der Waals surface area contributed by atoms with Crippen molar-refractivity contribution in [1.29, 1.82) is 0 Å². The predicted octanol–water partition coefficient (Wildman–Crippen LogP) is 1.22. The van der Waals surface area contributed by atoms with Gasteiger partial charge in [-0.1, -0.05) is 0 Å². The zero-order valence-corrected chi connectivity index (χ0v) is 10.9. The molecule has 0 bridgehead atoms. The summed E-state index contributed by atoms with van der Waals surface area (Å²) in [4.78, 5) is 14.0. The molecule has 2 rings (SSSR count). The molecular weight excluding hydrogens is 244 g/mol. The number of hydrogen-bond donors (Lipinski definition) is 3. The summed E-state index contributed by atoms with van der Waals surface area (Å²) in [6, 6.07) is 5.76. The summed E-state index contributed by atoms with van der Waals surface area (Å²) in [6.07, 6.45) is 2.71. The van der Waals surface area contributed by atoms with Crippen LogP contribution in [0.4, 0.5) is 0 Å². The van der Waals surface area contributed by atoms with Crippen LogP contribution >= 0.6 is 0 Å². The Morgan fingerprint density at radius 3 is 3.05 bits per heavy atom. The van der Waals surface area contributed by atoms with E-state index in [1.807, 2.05) is 24.4 Å². The Hall–Kier alpha value is -2.01. The second-order valence-electron chi connectivity index (χ2n) is 4.33. The zero-order valence-electron chi connectivity index (χ0n) is 10.9. The number of aliphatic hydroxyl groups is 1. The molecule has 0 aliphatic heterocycles. The van der Waals surface area contributed by atoms with Crippen LogP contribution in [0.3, 0.4) is 0 Å². The maximum atomic E-state index is 10.8. The third-order valence-electron chi connectivity index (χ3n) is 2.87. The standard InChI is InChI=1S/C14H18N2O3/c1-10(18)15-5-4-11-9-16-14-3-2-12(8-13(11)14)19-7-6-17/h2-3,8-9,16-17H,4-7H2,1H3,(H,15,18). The lowest BCUT2D eigenvalue weighted by Crippen LogP contribution is -2.22. The molecule has 1 aromatic carbocycles. The van der Waals surface area contributed by atoms with Gasteiger partial charge in [-0.25, -0.2) is 0 Å². The first kappa shape index (κ1) is 13.4. The molecule has 0 fully saturated rings. The second-order valence-corrected chi connectivity index (χ2v) is 4.33. The first-order chi connectivity index (χ1) is 9.20.